The lowest BCUT2D eigenvalue weighted by molar-refractivity contribution is -0.138. The number of benzene rings is 1. The third kappa shape index (κ3) is 4.61. The molecule has 0 fully saturated rings. The van der Waals surface area contributed by atoms with E-state index in [4.69, 9.17) is 9.47 Å². The highest BCUT2D eigenvalue weighted by atomic mass is 19.4. The molecular formula is C15H22F3NO2. The summed E-state index contributed by atoms with van der Waals surface area (Å²) in [5.74, 6) is 0.229. The predicted molar refractivity (Wildman–Crippen MR) is 75.5 cm³/mol. The van der Waals surface area contributed by atoms with Crippen LogP contribution in [0.2, 0.25) is 0 Å². The highest BCUT2D eigenvalue weighted by Gasteiger charge is 2.34. The molecule has 0 radical (unpaired) electrons. The van der Waals surface area contributed by atoms with Crippen LogP contribution in [0.3, 0.4) is 0 Å². The Hall–Kier alpha value is -1.27. The Morgan fingerprint density at radius 3 is 2.29 bits per heavy atom. The largest absolute Gasteiger partial charge is 0.496 e. The second kappa shape index (κ2) is 6.66. The van der Waals surface area contributed by atoms with Gasteiger partial charge in [0.1, 0.15) is 5.75 Å². The number of nitrogens with one attached hydrogen (secondary N) is 1. The molecule has 1 rings (SSSR count). The number of methoxy groups -OCH3 is 1. The Balaban J connectivity index is 2.92. The fourth-order valence-corrected chi connectivity index (χ4v) is 1.94. The highest BCUT2D eigenvalue weighted by Crippen LogP contribution is 2.37. The van der Waals surface area contributed by atoms with Crippen LogP contribution in [0.25, 0.3) is 0 Å². The predicted octanol–water partition coefficient (Wildman–Crippen LogP) is 3.54. The first-order chi connectivity index (χ1) is 9.62. The van der Waals surface area contributed by atoms with Crippen molar-refractivity contribution in [2.75, 3.05) is 20.8 Å². The minimum Gasteiger partial charge on any atom is -0.496 e. The molecule has 3 nitrogen and oxygen atoms in total. The van der Waals surface area contributed by atoms with Gasteiger partial charge < -0.3 is 14.8 Å². The van der Waals surface area contributed by atoms with E-state index in [1.165, 1.54) is 20.1 Å². The molecule has 0 bridgehead atoms. The van der Waals surface area contributed by atoms with Gasteiger partial charge in [-0.1, -0.05) is 6.07 Å². The summed E-state index contributed by atoms with van der Waals surface area (Å²) < 4.78 is 49.3. The Morgan fingerprint density at radius 1 is 1.19 bits per heavy atom. The fourth-order valence-electron chi connectivity index (χ4n) is 1.94. The van der Waals surface area contributed by atoms with Crippen LogP contribution in [0.1, 0.15) is 30.5 Å². The van der Waals surface area contributed by atoms with Gasteiger partial charge in [0.25, 0.3) is 0 Å². The summed E-state index contributed by atoms with van der Waals surface area (Å²) in [5.41, 5.74) is -0.193. The van der Waals surface area contributed by atoms with E-state index in [2.05, 4.69) is 5.32 Å². The van der Waals surface area contributed by atoms with Crippen LogP contribution in [-0.2, 0) is 17.5 Å². The molecule has 0 atom stereocenters. The molecule has 0 saturated heterocycles. The van der Waals surface area contributed by atoms with Crippen molar-refractivity contribution < 1.29 is 22.6 Å². The van der Waals surface area contributed by atoms with Crippen LogP contribution in [0.15, 0.2) is 12.1 Å². The third-order valence-corrected chi connectivity index (χ3v) is 3.39. The molecule has 0 spiro atoms. The zero-order valence-corrected chi connectivity index (χ0v) is 13.0. The quantitative estimate of drug-likeness (QED) is 0.872. The number of alkyl halides is 3. The summed E-state index contributed by atoms with van der Waals surface area (Å²) in [6, 6.07) is 2.47. The smallest absolute Gasteiger partial charge is 0.416 e. The third-order valence-electron chi connectivity index (χ3n) is 3.39. The monoisotopic (exact) mass is 305 g/mol. The minimum absolute atomic E-state index is 0.0824. The van der Waals surface area contributed by atoms with Crippen molar-refractivity contribution in [3.8, 4) is 5.75 Å². The van der Waals surface area contributed by atoms with Gasteiger partial charge in [0.2, 0.25) is 0 Å². The van der Waals surface area contributed by atoms with Crippen LogP contribution in [0.4, 0.5) is 13.2 Å². The van der Waals surface area contributed by atoms with Crippen molar-refractivity contribution in [1.82, 2.24) is 5.32 Å². The average Bonchev–Trinajstić information content (AvgIpc) is 2.37. The van der Waals surface area contributed by atoms with Gasteiger partial charge in [-0.25, -0.2) is 0 Å². The van der Waals surface area contributed by atoms with Crippen LogP contribution in [0, 0.1) is 6.92 Å². The van der Waals surface area contributed by atoms with Gasteiger partial charge in [-0.05, 0) is 33.9 Å². The standard InChI is InChI=1S/C15H22F3NO2/c1-10-12(15(16,17)18)7-6-11(13(10)20-5)8-21-9-14(2,3)19-4/h6-7,19H,8-9H2,1-5H3. The molecule has 0 amide bonds. The van der Waals surface area contributed by atoms with Crippen molar-refractivity contribution in [2.45, 2.75) is 39.1 Å². The SMILES string of the molecule is CNC(C)(C)COCc1ccc(C(F)(F)F)c(C)c1OC. The molecule has 21 heavy (non-hydrogen) atoms. The molecule has 1 aromatic rings. The molecule has 0 aliphatic rings. The molecule has 0 heterocycles. The molecule has 0 unspecified atom stereocenters. The van der Waals surface area contributed by atoms with E-state index in [0.717, 1.165) is 6.07 Å². The number of hydrogen-bond acceptors (Lipinski definition) is 3. The summed E-state index contributed by atoms with van der Waals surface area (Å²) in [6.07, 6.45) is -4.38. The Kier molecular flexibility index (Phi) is 5.64. The van der Waals surface area contributed by atoms with E-state index < -0.39 is 11.7 Å². The van der Waals surface area contributed by atoms with Gasteiger partial charge in [-0.3, -0.25) is 0 Å². The average molecular weight is 305 g/mol. The molecule has 6 heteroatoms. The summed E-state index contributed by atoms with van der Waals surface area (Å²) in [4.78, 5) is 0. The number of likely N-dealkylation sites (N-methyl/N-ethyl adjacent to an activating group) is 1. The van der Waals surface area contributed by atoms with Crippen LogP contribution in [-0.4, -0.2) is 26.3 Å². The normalized spacial score (nSPS) is 12.6. The van der Waals surface area contributed by atoms with Crippen LogP contribution >= 0.6 is 0 Å². The molecule has 0 saturated carbocycles. The molecule has 120 valence electrons. The Morgan fingerprint density at radius 2 is 1.81 bits per heavy atom. The summed E-state index contributed by atoms with van der Waals surface area (Å²) in [5, 5.41) is 3.09. The van der Waals surface area contributed by atoms with Crippen molar-refractivity contribution in [3.05, 3.63) is 28.8 Å². The van der Waals surface area contributed by atoms with Crippen molar-refractivity contribution >= 4 is 0 Å². The first kappa shape index (κ1) is 17.8. The lowest BCUT2D eigenvalue weighted by Crippen LogP contribution is -2.40. The van der Waals surface area contributed by atoms with Gasteiger partial charge in [-0.15, -0.1) is 0 Å². The maximum Gasteiger partial charge on any atom is 0.416 e. The molecule has 0 aliphatic heterocycles. The van der Waals surface area contributed by atoms with Crippen molar-refractivity contribution in [3.63, 3.8) is 0 Å². The van der Waals surface area contributed by atoms with Gasteiger partial charge in [0.05, 0.1) is 25.9 Å². The van der Waals surface area contributed by atoms with Gasteiger partial charge in [0.15, 0.2) is 0 Å². The van der Waals surface area contributed by atoms with Crippen LogP contribution in [0.5, 0.6) is 5.75 Å². The number of rotatable bonds is 6. The first-order valence-corrected chi connectivity index (χ1v) is 6.62. The molecular weight excluding hydrogens is 283 g/mol. The van der Waals surface area contributed by atoms with Crippen molar-refractivity contribution in [2.24, 2.45) is 0 Å². The molecule has 0 aliphatic carbocycles. The first-order valence-electron chi connectivity index (χ1n) is 6.62. The second-order valence-electron chi connectivity index (χ2n) is 5.55. The van der Waals surface area contributed by atoms with E-state index in [-0.39, 0.29) is 23.5 Å². The molecule has 1 N–H and O–H groups in total. The molecule has 1 aromatic carbocycles. The zero-order chi connectivity index (χ0) is 16.3. The number of hydrogen-bond donors (Lipinski definition) is 1. The van der Waals surface area contributed by atoms with Crippen LogP contribution < -0.4 is 10.1 Å². The van der Waals surface area contributed by atoms with Gasteiger partial charge in [0, 0.05) is 16.7 Å². The number of ether oxygens (including phenoxy) is 2. The van der Waals surface area contributed by atoms with E-state index in [1.54, 1.807) is 0 Å². The van der Waals surface area contributed by atoms with Gasteiger partial charge >= 0.3 is 6.18 Å². The van der Waals surface area contributed by atoms with E-state index in [1.807, 2.05) is 20.9 Å². The zero-order valence-electron chi connectivity index (χ0n) is 13.0. The van der Waals surface area contributed by atoms with E-state index >= 15 is 0 Å². The Bertz CT molecular complexity index is 485. The minimum atomic E-state index is -4.38. The van der Waals surface area contributed by atoms with E-state index in [9.17, 15) is 13.2 Å². The fraction of sp³-hybridized carbons (Fsp3) is 0.600. The lowest BCUT2D eigenvalue weighted by Gasteiger charge is -2.24. The Labute approximate surface area is 123 Å². The second-order valence-corrected chi connectivity index (χ2v) is 5.55. The summed E-state index contributed by atoms with van der Waals surface area (Å²) in [7, 11) is 3.19. The lowest BCUT2D eigenvalue weighted by atomic mass is 10.0. The summed E-state index contributed by atoms with van der Waals surface area (Å²) in [6.45, 7) is 5.99. The summed E-state index contributed by atoms with van der Waals surface area (Å²) >= 11 is 0. The topological polar surface area (TPSA) is 30.5 Å². The number of halogens is 3. The maximum atomic E-state index is 12.9. The maximum absolute atomic E-state index is 12.9. The van der Waals surface area contributed by atoms with Crippen molar-refractivity contribution in [1.29, 1.82) is 0 Å². The van der Waals surface area contributed by atoms with Gasteiger partial charge in [-0.2, -0.15) is 13.2 Å². The van der Waals surface area contributed by atoms with E-state index in [0.29, 0.717) is 12.2 Å². The molecule has 0 aromatic heterocycles. The highest BCUT2D eigenvalue weighted by molar-refractivity contribution is 5.46.